The van der Waals surface area contributed by atoms with Gasteiger partial charge in [-0.15, -0.1) is 10.2 Å². The molecule has 1 heterocycles. The zero-order valence-corrected chi connectivity index (χ0v) is 18.9. The molecule has 158 valence electrons. The van der Waals surface area contributed by atoms with Crippen LogP contribution in [0.25, 0.3) is 17.1 Å². The van der Waals surface area contributed by atoms with Crippen molar-refractivity contribution in [1.82, 2.24) is 14.8 Å². The smallest absolute Gasteiger partial charge is 0.196 e. The van der Waals surface area contributed by atoms with Gasteiger partial charge in [0.05, 0.1) is 14.2 Å². The fraction of sp³-hybridized carbons (Fsp3) is 0.200. The van der Waals surface area contributed by atoms with E-state index in [4.69, 9.17) is 9.47 Å². The lowest BCUT2D eigenvalue weighted by atomic mass is 10.1. The van der Waals surface area contributed by atoms with Crippen LogP contribution in [-0.2, 0) is 5.75 Å². The third kappa shape index (κ3) is 4.75. The number of ether oxygens (including phenoxy) is 2. The Morgan fingerprint density at radius 2 is 1.35 bits per heavy atom. The molecule has 6 heteroatoms. The summed E-state index contributed by atoms with van der Waals surface area (Å²) in [5, 5.41) is 9.91. The van der Waals surface area contributed by atoms with E-state index in [0.29, 0.717) is 11.5 Å². The lowest BCUT2D eigenvalue weighted by molar-refractivity contribution is 0.394. The minimum atomic E-state index is 0.710. The Bertz CT molecular complexity index is 1150. The standard InChI is InChI=1S/C25H25N3O2S/c1-17-5-9-19(10-6-17)16-31-25-27-26-24(28(25)21-11-7-18(2)8-12-21)20-13-22(29-3)15-23(14-20)30-4/h5-15H,16H2,1-4H3. The Hall–Kier alpha value is -3.25. The summed E-state index contributed by atoms with van der Waals surface area (Å²) in [6, 6.07) is 22.7. The van der Waals surface area contributed by atoms with Gasteiger partial charge in [-0.2, -0.15) is 0 Å². The number of methoxy groups -OCH3 is 2. The average Bonchev–Trinajstić information content (AvgIpc) is 3.23. The molecule has 0 aliphatic rings. The number of aromatic nitrogens is 3. The molecule has 31 heavy (non-hydrogen) atoms. The maximum absolute atomic E-state index is 5.46. The number of aryl methyl sites for hydroxylation is 2. The molecule has 0 aliphatic carbocycles. The normalized spacial score (nSPS) is 10.8. The maximum Gasteiger partial charge on any atom is 0.196 e. The van der Waals surface area contributed by atoms with Crippen LogP contribution in [0.15, 0.2) is 71.9 Å². The SMILES string of the molecule is COc1cc(OC)cc(-c2nnc(SCc3ccc(C)cc3)n2-c2ccc(C)cc2)c1. The molecule has 1 aromatic heterocycles. The highest BCUT2D eigenvalue weighted by Crippen LogP contribution is 2.33. The Morgan fingerprint density at radius 3 is 1.94 bits per heavy atom. The summed E-state index contributed by atoms with van der Waals surface area (Å²) in [4.78, 5) is 0. The van der Waals surface area contributed by atoms with Gasteiger partial charge in [0.15, 0.2) is 11.0 Å². The third-order valence-corrected chi connectivity index (χ3v) is 6.02. The number of benzene rings is 3. The van der Waals surface area contributed by atoms with Crippen molar-refractivity contribution in [2.75, 3.05) is 14.2 Å². The Kier molecular flexibility index (Phi) is 6.28. The zero-order chi connectivity index (χ0) is 21.8. The van der Waals surface area contributed by atoms with E-state index in [1.807, 2.05) is 18.2 Å². The summed E-state index contributed by atoms with van der Waals surface area (Å²) in [5.74, 6) is 2.97. The Balaban J connectivity index is 1.77. The molecule has 0 radical (unpaired) electrons. The Morgan fingerprint density at radius 1 is 0.774 bits per heavy atom. The number of hydrogen-bond donors (Lipinski definition) is 0. The highest BCUT2D eigenvalue weighted by atomic mass is 32.2. The van der Waals surface area contributed by atoms with Crippen molar-refractivity contribution in [3.8, 4) is 28.6 Å². The van der Waals surface area contributed by atoms with Crippen LogP contribution in [0.2, 0.25) is 0 Å². The minimum Gasteiger partial charge on any atom is -0.497 e. The van der Waals surface area contributed by atoms with Gasteiger partial charge in [-0.05, 0) is 43.7 Å². The molecule has 4 rings (SSSR count). The molecule has 4 aromatic rings. The van der Waals surface area contributed by atoms with E-state index < -0.39 is 0 Å². The van der Waals surface area contributed by atoms with Gasteiger partial charge in [0.1, 0.15) is 11.5 Å². The van der Waals surface area contributed by atoms with Crippen LogP contribution in [0.3, 0.4) is 0 Å². The first-order valence-corrected chi connectivity index (χ1v) is 11.0. The molecule has 0 atom stereocenters. The number of nitrogens with zero attached hydrogens (tertiary/aromatic N) is 3. The fourth-order valence-corrected chi connectivity index (χ4v) is 4.15. The van der Waals surface area contributed by atoms with E-state index in [9.17, 15) is 0 Å². The van der Waals surface area contributed by atoms with Gasteiger partial charge in [0.2, 0.25) is 0 Å². The first-order valence-electron chi connectivity index (χ1n) is 10.0. The van der Waals surface area contributed by atoms with Crippen molar-refractivity contribution in [2.24, 2.45) is 0 Å². The second-order valence-electron chi connectivity index (χ2n) is 7.35. The Labute approximate surface area is 187 Å². The van der Waals surface area contributed by atoms with Crippen LogP contribution >= 0.6 is 11.8 Å². The van der Waals surface area contributed by atoms with Gasteiger partial charge in [0.25, 0.3) is 0 Å². The van der Waals surface area contributed by atoms with Crippen LogP contribution in [0.4, 0.5) is 0 Å². The number of rotatable bonds is 7. The summed E-state index contributed by atoms with van der Waals surface area (Å²) in [5.41, 5.74) is 5.60. The van der Waals surface area contributed by atoms with E-state index in [1.54, 1.807) is 26.0 Å². The lowest BCUT2D eigenvalue weighted by Crippen LogP contribution is -2.00. The van der Waals surface area contributed by atoms with Crippen LogP contribution in [-0.4, -0.2) is 29.0 Å². The topological polar surface area (TPSA) is 49.2 Å². The molecule has 0 N–H and O–H groups in total. The largest absolute Gasteiger partial charge is 0.497 e. The summed E-state index contributed by atoms with van der Waals surface area (Å²) in [6.07, 6.45) is 0. The quantitative estimate of drug-likeness (QED) is 0.343. The highest BCUT2D eigenvalue weighted by Gasteiger charge is 2.18. The van der Waals surface area contributed by atoms with Gasteiger partial charge in [0, 0.05) is 23.1 Å². The van der Waals surface area contributed by atoms with Crippen molar-refractivity contribution in [3.63, 3.8) is 0 Å². The van der Waals surface area contributed by atoms with E-state index in [2.05, 4.69) is 77.1 Å². The van der Waals surface area contributed by atoms with Gasteiger partial charge in [-0.3, -0.25) is 4.57 Å². The summed E-state index contributed by atoms with van der Waals surface area (Å²) >= 11 is 1.67. The van der Waals surface area contributed by atoms with E-state index in [-0.39, 0.29) is 0 Å². The van der Waals surface area contributed by atoms with Crippen molar-refractivity contribution in [2.45, 2.75) is 24.8 Å². The van der Waals surface area contributed by atoms with Crippen molar-refractivity contribution >= 4 is 11.8 Å². The summed E-state index contributed by atoms with van der Waals surface area (Å²) < 4.78 is 13.0. The van der Waals surface area contributed by atoms with Gasteiger partial charge in [-0.1, -0.05) is 59.3 Å². The molecule has 0 spiro atoms. The van der Waals surface area contributed by atoms with E-state index >= 15 is 0 Å². The lowest BCUT2D eigenvalue weighted by Gasteiger charge is -2.12. The molecular formula is C25H25N3O2S. The number of hydrogen-bond acceptors (Lipinski definition) is 5. The van der Waals surface area contributed by atoms with Crippen molar-refractivity contribution in [1.29, 1.82) is 0 Å². The first kappa shape index (κ1) is 21.0. The predicted molar refractivity (Wildman–Crippen MR) is 125 cm³/mol. The molecule has 0 fully saturated rings. The first-order chi connectivity index (χ1) is 15.1. The molecule has 0 bridgehead atoms. The number of thioether (sulfide) groups is 1. The van der Waals surface area contributed by atoms with Crippen molar-refractivity contribution in [3.05, 3.63) is 83.4 Å². The second kappa shape index (κ2) is 9.27. The van der Waals surface area contributed by atoms with Gasteiger partial charge in [-0.25, -0.2) is 0 Å². The van der Waals surface area contributed by atoms with E-state index in [0.717, 1.165) is 28.0 Å². The third-order valence-electron chi connectivity index (χ3n) is 5.02. The molecule has 0 saturated carbocycles. The van der Waals surface area contributed by atoms with Crippen LogP contribution in [0.5, 0.6) is 11.5 Å². The highest BCUT2D eigenvalue weighted by molar-refractivity contribution is 7.98. The van der Waals surface area contributed by atoms with Crippen LogP contribution in [0.1, 0.15) is 16.7 Å². The maximum atomic E-state index is 5.46. The monoisotopic (exact) mass is 431 g/mol. The van der Waals surface area contributed by atoms with Gasteiger partial charge < -0.3 is 9.47 Å². The molecule has 0 aliphatic heterocycles. The van der Waals surface area contributed by atoms with Crippen molar-refractivity contribution < 1.29 is 9.47 Å². The minimum absolute atomic E-state index is 0.710. The molecule has 0 saturated heterocycles. The van der Waals surface area contributed by atoms with Crippen LogP contribution in [0, 0.1) is 13.8 Å². The molecule has 3 aromatic carbocycles. The second-order valence-corrected chi connectivity index (χ2v) is 8.30. The average molecular weight is 432 g/mol. The zero-order valence-electron chi connectivity index (χ0n) is 18.1. The van der Waals surface area contributed by atoms with Gasteiger partial charge >= 0.3 is 0 Å². The molecule has 0 unspecified atom stereocenters. The summed E-state index contributed by atoms with van der Waals surface area (Å²) in [6.45, 7) is 4.18. The fourth-order valence-electron chi connectivity index (χ4n) is 3.25. The molecule has 5 nitrogen and oxygen atoms in total. The summed E-state index contributed by atoms with van der Waals surface area (Å²) in [7, 11) is 3.29. The molecular weight excluding hydrogens is 406 g/mol. The van der Waals surface area contributed by atoms with Crippen LogP contribution < -0.4 is 9.47 Å². The molecule has 0 amide bonds. The van der Waals surface area contributed by atoms with E-state index in [1.165, 1.54) is 16.7 Å². The predicted octanol–water partition coefficient (Wildman–Crippen LogP) is 5.86.